The zero-order chi connectivity index (χ0) is 16.6. The number of hydrogen-bond acceptors (Lipinski definition) is 2. The summed E-state index contributed by atoms with van der Waals surface area (Å²) in [6.45, 7) is 0. The van der Waals surface area contributed by atoms with Crippen LogP contribution < -0.4 is 0 Å². The first-order chi connectivity index (χ1) is 12.4. The summed E-state index contributed by atoms with van der Waals surface area (Å²) in [5.41, 5.74) is 3.49. The maximum Gasteiger partial charge on any atom is 0.0880 e. The first kappa shape index (κ1) is 14.4. The molecule has 0 amide bonds. The molecule has 0 radical (unpaired) electrons. The van der Waals surface area contributed by atoms with E-state index >= 15 is 0 Å². The maximum absolute atomic E-state index is 4.70. The van der Waals surface area contributed by atoms with Crippen molar-refractivity contribution in [1.82, 2.24) is 4.98 Å². The van der Waals surface area contributed by atoms with Gasteiger partial charge in [0.1, 0.15) is 0 Å². The SMILES string of the molecule is c1ccc(-c2cc3ccnc(-c4ccc5ccccc5c4)c3s2)cc1. The van der Waals surface area contributed by atoms with Gasteiger partial charge < -0.3 is 0 Å². The van der Waals surface area contributed by atoms with E-state index in [0.717, 1.165) is 5.69 Å². The van der Waals surface area contributed by atoms with Crippen LogP contribution >= 0.6 is 11.3 Å². The molecule has 5 aromatic rings. The molecule has 3 aromatic carbocycles. The van der Waals surface area contributed by atoms with Crippen molar-refractivity contribution >= 4 is 32.2 Å². The minimum absolute atomic E-state index is 1.07. The Hall–Kier alpha value is -2.97. The molecule has 0 saturated heterocycles. The second-order valence-electron chi connectivity index (χ2n) is 6.12. The van der Waals surface area contributed by atoms with Gasteiger partial charge in [-0.1, -0.05) is 66.7 Å². The van der Waals surface area contributed by atoms with Crippen molar-refractivity contribution in [2.75, 3.05) is 0 Å². The molecule has 0 unspecified atom stereocenters. The van der Waals surface area contributed by atoms with Crippen LogP contribution in [0.3, 0.4) is 0 Å². The number of fused-ring (bicyclic) bond motifs is 2. The quantitative estimate of drug-likeness (QED) is 0.346. The fourth-order valence-corrected chi connectivity index (χ4v) is 4.42. The normalized spacial score (nSPS) is 11.2. The Morgan fingerprint density at radius 1 is 0.600 bits per heavy atom. The average molecular weight is 337 g/mol. The zero-order valence-electron chi connectivity index (χ0n) is 13.5. The van der Waals surface area contributed by atoms with Crippen molar-refractivity contribution < 1.29 is 0 Å². The molecule has 2 heterocycles. The molecule has 25 heavy (non-hydrogen) atoms. The van der Waals surface area contributed by atoms with Crippen LogP contribution in [0.1, 0.15) is 0 Å². The highest BCUT2D eigenvalue weighted by Gasteiger charge is 2.11. The highest BCUT2D eigenvalue weighted by atomic mass is 32.1. The lowest BCUT2D eigenvalue weighted by Gasteiger charge is -2.04. The largest absolute Gasteiger partial charge is 0.255 e. The van der Waals surface area contributed by atoms with E-state index in [2.05, 4.69) is 84.9 Å². The molecule has 0 aliphatic rings. The fraction of sp³-hybridized carbons (Fsp3) is 0. The summed E-state index contributed by atoms with van der Waals surface area (Å²) in [5.74, 6) is 0. The third-order valence-corrected chi connectivity index (χ3v) is 5.72. The van der Waals surface area contributed by atoms with Gasteiger partial charge in [-0.25, -0.2) is 0 Å². The predicted molar refractivity (Wildman–Crippen MR) is 108 cm³/mol. The minimum Gasteiger partial charge on any atom is -0.255 e. The van der Waals surface area contributed by atoms with Crippen LogP contribution in [-0.4, -0.2) is 4.98 Å². The summed E-state index contributed by atoms with van der Waals surface area (Å²) in [6.07, 6.45) is 1.91. The molecule has 0 aliphatic heterocycles. The van der Waals surface area contributed by atoms with E-state index in [-0.39, 0.29) is 0 Å². The number of nitrogens with zero attached hydrogens (tertiary/aromatic N) is 1. The van der Waals surface area contributed by atoms with Gasteiger partial charge in [0, 0.05) is 16.6 Å². The first-order valence-corrected chi connectivity index (χ1v) is 9.13. The molecule has 2 aromatic heterocycles. The molecule has 1 nitrogen and oxygen atoms in total. The number of benzene rings is 3. The molecule has 0 aliphatic carbocycles. The Kier molecular flexibility index (Phi) is 3.36. The van der Waals surface area contributed by atoms with Gasteiger partial charge in [0.2, 0.25) is 0 Å². The Bertz CT molecular complexity index is 1190. The summed E-state index contributed by atoms with van der Waals surface area (Å²) in [5, 5.41) is 3.76. The van der Waals surface area contributed by atoms with Crippen LogP contribution in [0, 0.1) is 0 Å². The number of aromatic nitrogens is 1. The van der Waals surface area contributed by atoms with Crippen LogP contribution in [0.25, 0.3) is 42.6 Å². The van der Waals surface area contributed by atoms with Gasteiger partial charge in [0.25, 0.3) is 0 Å². The Balaban J connectivity index is 1.71. The average Bonchev–Trinajstić information content (AvgIpc) is 3.13. The van der Waals surface area contributed by atoms with Gasteiger partial charge in [-0.15, -0.1) is 11.3 Å². The van der Waals surface area contributed by atoms with E-state index in [1.807, 2.05) is 17.5 Å². The van der Waals surface area contributed by atoms with Crippen LogP contribution in [-0.2, 0) is 0 Å². The lowest BCUT2D eigenvalue weighted by atomic mass is 10.0. The van der Waals surface area contributed by atoms with Crippen molar-refractivity contribution in [3.8, 4) is 21.7 Å². The van der Waals surface area contributed by atoms with Gasteiger partial charge in [-0.05, 0) is 39.9 Å². The van der Waals surface area contributed by atoms with E-state index in [1.165, 1.54) is 36.9 Å². The van der Waals surface area contributed by atoms with Gasteiger partial charge in [0.15, 0.2) is 0 Å². The third kappa shape index (κ3) is 2.51. The molecule has 118 valence electrons. The highest BCUT2D eigenvalue weighted by Crippen LogP contribution is 2.38. The Morgan fingerprint density at radius 2 is 1.40 bits per heavy atom. The molecule has 2 heteroatoms. The molecule has 0 N–H and O–H groups in total. The number of rotatable bonds is 2. The van der Waals surface area contributed by atoms with Crippen molar-refractivity contribution in [3.63, 3.8) is 0 Å². The van der Waals surface area contributed by atoms with Crippen LogP contribution in [0.15, 0.2) is 91.1 Å². The minimum atomic E-state index is 1.07. The number of pyridine rings is 1. The molecule has 0 spiro atoms. The molecular weight excluding hydrogens is 322 g/mol. The summed E-state index contributed by atoms with van der Waals surface area (Å²) in [7, 11) is 0. The second-order valence-corrected chi connectivity index (χ2v) is 7.17. The lowest BCUT2D eigenvalue weighted by Crippen LogP contribution is -1.83. The van der Waals surface area contributed by atoms with Gasteiger partial charge in [-0.3, -0.25) is 4.98 Å². The molecular formula is C23H15NS. The first-order valence-electron chi connectivity index (χ1n) is 8.32. The summed E-state index contributed by atoms with van der Waals surface area (Å²) in [4.78, 5) is 5.98. The van der Waals surface area contributed by atoms with Crippen molar-refractivity contribution in [2.24, 2.45) is 0 Å². The second kappa shape index (κ2) is 5.83. The van der Waals surface area contributed by atoms with Crippen molar-refractivity contribution in [3.05, 3.63) is 91.1 Å². The Morgan fingerprint density at radius 3 is 2.28 bits per heavy atom. The van der Waals surface area contributed by atoms with Gasteiger partial charge in [0.05, 0.1) is 10.4 Å². The van der Waals surface area contributed by atoms with Crippen molar-refractivity contribution in [1.29, 1.82) is 0 Å². The summed E-state index contributed by atoms with van der Waals surface area (Å²) < 4.78 is 1.25. The summed E-state index contributed by atoms with van der Waals surface area (Å²) in [6, 6.07) is 30.0. The van der Waals surface area contributed by atoms with E-state index in [9.17, 15) is 0 Å². The van der Waals surface area contributed by atoms with E-state index in [4.69, 9.17) is 4.98 Å². The molecule has 0 bridgehead atoms. The molecule has 0 atom stereocenters. The molecule has 0 fully saturated rings. The summed E-state index contributed by atoms with van der Waals surface area (Å²) >= 11 is 1.81. The molecule has 0 saturated carbocycles. The number of thiophene rings is 1. The van der Waals surface area contributed by atoms with Crippen LogP contribution in [0.2, 0.25) is 0 Å². The predicted octanol–water partition coefficient (Wildman–Crippen LogP) is 6.78. The van der Waals surface area contributed by atoms with E-state index in [1.54, 1.807) is 0 Å². The lowest BCUT2D eigenvalue weighted by molar-refractivity contribution is 1.37. The highest BCUT2D eigenvalue weighted by molar-refractivity contribution is 7.22. The molecule has 5 rings (SSSR count). The van der Waals surface area contributed by atoms with Gasteiger partial charge >= 0.3 is 0 Å². The van der Waals surface area contributed by atoms with E-state index in [0.29, 0.717) is 0 Å². The van der Waals surface area contributed by atoms with Crippen LogP contribution in [0.4, 0.5) is 0 Å². The third-order valence-electron chi connectivity index (χ3n) is 4.51. The monoisotopic (exact) mass is 337 g/mol. The van der Waals surface area contributed by atoms with Crippen LogP contribution in [0.5, 0.6) is 0 Å². The topological polar surface area (TPSA) is 12.9 Å². The van der Waals surface area contributed by atoms with E-state index < -0.39 is 0 Å². The van der Waals surface area contributed by atoms with Crippen molar-refractivity contribution in [2.45, 2.75) is 0 Å². The standard InChI is InChI=1S/C23H15NS/c1-2-7-17(8-3-1)21-15-20-12-13-24-22(23(20)25-21)19-11-10-16-6-4-5-9-18(16)14-19/h1-15H. The number of hydrogen-bond donors (Lipinski definition) is 0. The fourth-order valence-electron chi connectivity index (χ4n) is 3.25. The Labute approximate surface area is 150 Å². The maximum atomic E-state index is 4.70. The smallest absolute Gasteiger partial charge is 0.0880 e. The van der Waals surface area contributed by atoms with Gasteiger partial charge in [-0.2, -0.15) is 0 Å². The zero-order valence-corrected chi connectivity index (χ0v) is 14.3.